The summed E-state index contributed by atoms with van der Waals surface area (Å²) in [4.78, 5) is 11.6. The van der Waals surface area contributed by atoms with E-state index in [1.807, 2.05) is 13.8 Å². The lowest BCUT2D eigenvalue weighted by Crippen LogP contribution is -2.63. The molecule has 29 heavy (non-hydrogen) atoms. The van der Waals surface area contributed by atoms with Gasteiger partial charge in [-0.25, -0.2) is 0 Å². The molecule has 4 aliphatic carbocycles. The molecule has 5 aliphatic rings. The van der Waals surface area contributed by atoms with Crippen LogP contribution in [0.4, 0.5) is 0 Å². The van der Waals surface area contributed by atoms with Crippen molar-refractivity contribution < 1.29 is 24.1 Å². The second-order valence-corrected chi connectivity index (χ2v) is 11.6. The molecule has 1 heterocycles. The number of carbonyl (C=O) groups excluding carboxylic acids is 1. The maximum absolute atomic E-state index is 11.6. The predicted molar refractivity (Wildman–Crippen MR) is 108 cm³/mol. The Morgan fingerprint density at radius 3 is 2.28 bits per heavy atom. The third-order valence-corrected chi connectivity index (χ3v) is 9.77. The van der Waals surface area contributed by atoms with Crippen LogP contribution in [0.3, 0.4) is 0 Å². The minimum absolute atomic E-state index is 0.00255. The number of fused-ring (bicyclic) bond motifs is 8. The second kappa shape index (κ2) is 6.43. The number of hydrogen-bond acceptors (Lipinski definition) is 5. The fourth-order valence-corrected chi connectivity index (χ4v) is 8.46. The molecule has 0 aromatic rings. The van der Waals surface area contributed by atoms with Crippen LogP contribution in [0.2, 0.25) is 0 Å². The third kappa shape index (κ3) is 2.86. The summed E-state index contributed by atoms with van der Waals surface area (Å²) < 4.78 is 18.8. The topological polar surface area (TPSA) is 65.0 Å². The molecular formula is C24H38O5. The van der Waals surface area contributed by atoms with Gasteiger partial charge in [-0.05, 0) is 93.3 Å². The molecule has 4 saturated carbocycles. The van der Waals surface area contributed by atoms with Crippen LogP contribution in [-0.2, 0) is 19.0 Å². The zero-order valence-corrected chi connectivity index (χ0v) is 18.6. The fourth-order valence-electron chi connectivity index (χ4n) is 8.46. The van der Waals surface area contributed by atoms with Gasteiger partial charge in [0.15, 0.2) is 5.79 Å². The molecule has 0 amide bonds. The van der Waals surface area contributed by atoms with E-state index in [1.165, 1.54) is 6.92 Å². The zero-order chi connectivity index (χ0) is 20.8. The normalized spacial score (nSPS) is 55.4. The molecule has 5 fully saturated rings. The van der Waals surface area contributed by atoms with Gasteiger partial charge >= 0.3 is 5.97 Å². The summed E-state index contributed by atoms with van der Waals surface area (Å²) in [6.45, 7) is 10.4. The van der Waals surface area contributed by atoms with Crippen LogP contribution in [0.1, 0.15) is 79.6 Å². The smallest absolute Gasteiger partial charge is 0.302 e. The average molecular weight is 407 g/mol. The lowest BCUT2D eigenvalue weighted by Gasteiger charge is -2.63. The lowest BCUT2D eigenvalue weighted by molar-refractivity contribution is -0.197. The van der Waals surface area contributed by atoms with E-state index < -0.39 is 5.79 Å². The number of aliphatic hydroxyl groups excluding tert-OH is 1. The van der Waals surface area contributed by atoms with Gasteiger partial charge in [0.1, 0.15) is 6.10 Å². The molecule has 0 bridgehead atoms. The summed E-state index contributed by atoms with van der Waals surface area (Å²) in [5, 5.41) is 10.8. The van der Waals surface area contributed by atoms with E-state index in [4.69, 9.17) is 14.2 Å². The number of carbonyl (C=O) groups is 1. The Balaban J connectivity index is 1.52. The first-order valence-electron chi connectivity index (χ1n) is 11.8. The quantitative estimate of drug-likeness (QED) is 0.665. The monoisotopic (exact) mass is 406 g/mol. The maximum Gasteiger partial charge on any atom is 0.302 e. The van der Waals surface area contributed by atoms with E-state index in [0.29, 0.717) is 23.7 Å². The molecule has 1 saturated heterocycles. The van der Waals surface area contributed by atoms with Crippen molar-refractivity contribution >= 4 is 5.97 Å². The lowest BCUT2D eigenvalue weighted by atomic mass is 9.43. The molecule has 0 aromatic heterocycles. The van der Waals surface area contributed by atoms with E-state index >= 15 is 0 Å². The number of esters is 1. The summed E-state index contributed by atoms with van der Waals surface area (Å²) in [6, 6.07) is 0. The van der Waals surface area contributed by atoms with Crippen molar-refractivity contribution in [2.24, 2.45) is 34.5 Å². The SMILES string of the molecule is CC(=O)O[C@@H]1CC[C@]2(C)C3CC[C@@]4(C)C(CC[C@@H]4O)C3[C@H]3OC(C)(C)O[C@@H]3C2C1. The average Bonchev–Trinajstić information content (AvgIpc) is 3.11. The largest absolute Gasteiger partial charge is 0.463 e. The number of aliphatic hydroxyl groups is 1. The summed E-state index contributed by atoms with van der Waals surface area (Å²) >= 11 is 0. The van der Waals surface area contributed by atoms with Gasteiger partial charge in [0.2, 0.25) is 0 Å². The molecule has 5 heteroatoms. The molecular weight excluding hydrogens is 368 g/mol. The Morgan fingerprint density at radius 2 is 1.55 bits per heavy atom. The zero-order valence-electron chi connectivity index (χ0n) is 18.6. The van der Waals surface area contributed by atoms with Crippen LogP contribution in [0.15, 0.2) is 0 Å². The van der Waals surface area contributed by atoms with Gasteiger partial charge in [-0.1, -0.05) is 13.8 Å². The Bertz CT molecular complexity index is 691. The minimum atomic E-state index is -0.579. The van der Waals surface area contributed by atoms with Gasteiger partial charge in [-0.3, -0.25) is 4.79 Å². The molecule has 0 spiro atoms. The number of hydrogen-bond donors (Lipinski definition) is 1. The highest BCUT2D eigenvalue weighted by molar-refractivity contribution is 5.66. The highest BCUT2D eigenvalue weighted by Gasteiger charge is 2.68. The Hall–Kier alpha value is -0.650. The van der Waals surface area contributed by atoms with Crippen molar-refractivity contribution in [1.82, 2.24) is 0 Å². The van der Waals surface area contributed by atoms with Crippen molar-refractivity contribution in [3.63, 3.8) is 0 Å². The summed E-state index contributed by atoms with van der Waals surface area (Å²) in [6.07, 6.45) is 7.13. The first-order chi connectivity index (χ1) is 13.6. The van der Waals surface area contributed by atoms with Crippen LogP contribution >= 0.6 is 0 Å². The van der Waals surface area contributed by atoms with E-state index in [1.54, 1.807) is 0 Å². The number of rotatable bonds is 1. The van der Waals surface area contributed by atoms with Crippen LogP contribution < -0.4 is 0 Å². The molecule has 0 aromatic carbocycles. The summed E-state index contributed by atoms with van der Waals surface area (Å²) in [7, 11) is 0. The van der Waals surface area contributed by atoms with E-state index in [-0.39, 0.29) is 41.2 Å². The van der Waals surface area contributed by atoms with Crippen molar-refractivity contribution in [3.05, 3.63) is 0 Å². The molecule has 0 radical (unpaired) electrons. The first-order valence-corrected chi connectivity index (χ1v) is 11.8. The van der Waals surface area contributed by atoms with Crippen LogP contribution in [0.5, 0.6) is 0 Å². The Morgan fingerprint density at radius 1 is 0.897 bits per heavy atom. The second-order valence-electron chi connectivity index (χ2n) is 11.6. The molecule has 10 atom stereocenters. The van der Waals surface area contributed by atoms with Gasteiger partial charge in [0, 0.05) is 6.92 Å². The van der Waals surface area contributed by atoms with Gasteiger partial charge in [0.25, 0.3) is 0 Å². The number of ether oxygens (including phenoxy) is 3. The standard InChI is InChI=1S/C24H38O5/c1-13(25)27-14-8-10-23(4)16-9-11-24(5)15(6-7-18(24)26)19(16)21-20(17(23)12-14)28-22(2,3)29-21/h14-21,26H,6-12H2,1-5H3/t14-,15?,16?,17?,18+,19?,20-,21-,23-,24+/m1/s1. The van der Waals surface area contributed by atoms with Gasteiger partial charge in [-0.2, -0.15) is 0 Å². The fraction of sp³-hybridized carbons (Fsp3) is 0.958. The Labute approximate surface area is 174 Å². The van der Waals surface area contributed by atoms with E-state index in [0.717, 1.165) is 44.9 Å². The first kappa shape index (κ1) is 20.3. The molecule has 4 unspecified atom stereocenters. The highest BCUT2D eigenvalue weighted by atomic mass is 16.8. The van der Waals surface area contributed by atoms with Crippen molar-refractivity contribution in [3.8, 4) is 0 Å². The maximum atomic E-state index is 11.6. The van der Waals surface area contributed by atoms with E-state index in [9.17, 15) is 9.90 Å². The summed E-state index contributed by atoms with van der Waals surface area (Å²) in [5.74, 6) is 1.14. The van der Waals surface area contributed by atoms with Crippen LogP contribution in [-0.4, -0.2) is 41.3 Å². The minimum Gasteiger partial charge on any atom is -0.463 e. The molecule has 1 aliphatic heterocycles. The molecule has 164 valence electrons. The highest BCUT2D eigenvalue weighted by Crippen LogP contribution is 2.68. The summed E-state index contributed by atoms with van der Waals surface area (Å²) in [5.41, 5.74) is 0.196. The molecule has 5 rings (SSSR count). The van der Waals surface area contributed by atoms with Gasteiger partial charge in [0.05, 0.1) is 18.3 Å². The van der Waals surface area contributed by atoms with E-state index in [2.05, 4.69) is 13.8 Å². The van der Waals surface area contributed by atoms with Crippen molar-refractivity contribution in [2.45, 2.75) is 110 Å². The third-order valence-electron chi connectivity index (χ3n) is 9.77. The van der Waals surface area contributed by atoms with Gasteiger partial charge in [-0.15, -0.1) is 0 Å². The van der Waals surface area contributed by atoms with Crippen LogP contribution in [0, 0.1) is 34.5 Å². The van der Waals surface area contributed by atoms with Gasteiger partial charge < -0.3 is 19.3 Å². The van der Waals surface area contributed by atoms with Crippen molar-refractivity contribution in [2.75, 3.05) is 0 Å². The molecule has 5 nitrogen and oxygen atoms in total. The molecule has 1 N–H and O–H groups in total. The van der Waals surface area contributed by atoms with Crippen LogP contribution in [0.25, 0.3) is 0 Å². The predicted octanol–water partition coefficient (Wildman–Crippen LogP) is 4.06. The Kier molecular flexibility index (Phi) is 4.49. The van der Waals surface area contributed by atoms with Crippen molar-refractivity contribution in [1.29, 1.82) is 0 Å².